The van der Waals surface area contributed by atoms with Crippen molar-refractivity contribution in [3.8, 4) is 16.9 Å². The van der Waals surface area contributed by atoms with E-state index in [1.54, 1.807) is 0 Å². The van der Waals surface area contributed by atoms with Crippen LogP contribution in [-0.2, 0) is 6.61 Å². The van der Waals surface area contributed by atoms with Crippen LogP contribution in [0.3, 0.4) is 0 Å². The van der Waals surface area contributed by atoms with Gasteiger partial charge in [-0.25, -0.2) is 0 Å². The molecule has 0 aliphatic heterocycles. The smallest absolute Gasteiger partial charge is 0.134 e. The number of ether oxygens (including phenoxy) is 1. The van der Waals surface area contributed by atoms with Crippen LogP contribution in [0.4, 0.5) is 0 Å². The summed E-state index contributed by atoms with van der Waals surface area (Å²) in [5.74, 6) is 0.882. The van der Waals surface area contributed by atoms with Crippen LogP contribution in [0.5, 0.6) is 5.75 Å². The van der Waals surface area contributed by atoms with Gasteiger partial charge >= 0.3 is 0 Å². The molecular formula is C21H18O. The van der Waals surface area contributed by atoms with E-state index in [-0.39, 0.29) is 0 Å². The fourth-order valence-electron chi connectivity index (χ4n) is 2.45. The second kappa shape index (κ2) is 6.77. The van der Waals surface area contributed by atoms with Crippen molar-refractivity contribution < 1.29 is 4.74 Å². The summed E-state index contributed by atoms with van der Waals surface area (Å²) in [7, 11) is 0. The molecule has 3 aromatic carbocycles. The molecule has 0 N–H and O–H groups in total. The highest BCUT2D eigenvalue weighted by molar-refractivity contribution is 5.76. The van der Waals surface area contributed by atoms with Gasteiger partial charge < -0.3 is 4.74 Å². The first-order valence-corrected chi connectivity index (χ1v) is 7.36. The third-order valence-electron chi connectivity index (χ3n) is 3.58. The zero-order valence-electron chi connectivity index (χ0n) is 12.4. The Morgan fingerprint density at radius 1 is 0.773 bits per heavy atom. The van der Waals surface area contributed by atoms with E-state index in [0.717, 1.165) is 28.0 Å². The van der Waals surface area contributed by atoms with Gasteiger partial charge in [-0.05, 0) is 11.1 Å². The van der Waals surface area contributed by atoms with E-state index in [0.29, 0.717) is 6.61 Å². The number of benzene rings is 3. The Labute approximate surface area is 131 Å². The molecule has 0 radical (unpaired) electrons. The molecule has 0 saturated carbocycles. The Morgan fingerprint density at radius 3 is 2.14 bits per heavy atom. The Kier molecular flexibility index (Phi) is 4.35. The zero-order valence-corrected chi connectivity index (χ0v) is 12.4. The second-order valence-electron chi connectivity index (χ2n) is 5.07. The number of rotatable bonds is 5. The minimum atomic E-state index is 0.547. The molecule has 0 unspecified atom stereocenters. The summed E-state index contributed by atoms with van der Waals surface area (Å²) in [6, 6.07) is 26.6. The molecule has 1 nitrogen and oxygen atoms in total. The normalized spacial score (nSPS) is 10.2. The van der Waals surface area contributed by atoms with Gasteiger partial charge in [-0.1, -0.05) is 91.5 Å². The van der Waals surface area contributed by atoms with E-state index in [4.69, 9.17) is 4.74 Å². The lowest BCUT2D eigenvalue weighted by Crippen LogP contribution is -1.98. The highest BCUT2D eigenvalue weighted by atomic mass is 16.5. The fourth-order valence-corrected chi connectivity index (χ4v) is 2.45. The molecule has 3 aromatic rings. The van der Waals surface area contributed by atoms with Gasteiger partial charge in [0.05, 0.1) is 0 Å². The van der Waals surface area contributed by atoms with Crippen molar-refractivity contribution in [2.24, 2.45) is 0 Å². The van der Waals surface area contributed by atoms with E-state index >= 15 is 0 Å². The van der Waals surface area contributed by atoms with Crippen molar-refractivity contribution >= 4 is 6.08 Å². The zero-order chi connectivity index (χ0) is 15.2. The van der Waals surface area contributed by atoms with E-state index in [2.05, 4.69) is 36.9 Å². The van der Waals surface area contributed by atoms with Crippen LogP contribution in [0.15, 0.2) is 85.4 Å². The van der Waals surface area contributed by atoms with Gasteiger partial charge in [-0.3, -0.25) is 0 Å². The van der Waals surface area contributed by atoms with Crippen LogP contribution in [0, 0.1) is 0 Å². The molecule has 0 saturated heterocycles. The first-order valence-electron chi connectivity index (χ1n) is 7.36. The van der Waals surface area contributed by atoms with Crippen molar-refractivity contribution in [3.05, 3.63) is 96.6 Å². The van der Waals surface area contributed by atoms with Gasteiger partial charge in [0.15, 0.2) is 0 Å². The molecule has 108 valence electrons. The Bertz CT molecular complexity index is 745. The summed E-state index contributed by atoms with van der Waals surface area (Å²) in [6.07, 6.45) is 1.84. The Balaban J connectivity index is 1.96. The fraction of sp³-hybridized carbons (Fsp3) is 0.0476. The molecule has 0 bridgehead atoms. The predicted octanol–water partition coefficient (Wildman–Crippen LogP) is 5.58. The van der Waals surface area contributed by atoms with Crippen molar-refractivity contribution in [2.75, 3.05) is 0 Å². The summed E-state index contributed by atoms with van der Waals surface area (Å²) >= 11 is 0. The van der Waals surface area contributed by atoms with Crippen molar-refractivity contribution in [1.29, 1.82) is 0 Å². The summed E-state index contributed by atoms with van der Waals surface area (Å²) < 4.78 is 6.13. The number of hydrogen-bond donors (Lipinski definition) is 0. The molecule has 0 atom stereocenters. The first kappa shape index (κ1) is 14.2. The SMILES string of the molecule is C=Cc1cccc(-c2ccccc2)c1OCc1ccccc1. The Hall–Kier alpha value is -2.80. The van der Waals surface area contributed by atoms with Crippen LogP contribution in [0.2, 0.25) is 0 Å². The van der Waals surface area contributed by atoms with Gasteiger partial charge in [0.2, 0.25) is 0 Å². The highest BCUT2D eigenvalue weighted by Crippen LogP contribution is 2.34. The quantitative estimate of drug-likeness (QED) is 0.595. The van der Waals surface area contributed by atoms with Crippen LogP contribution in [-0.4, -0.2) is 0 Å². The maximum atomic E-state index is 6.13. The predicted molar refractivity (Wildman–Crippen MR) is 92.7 cm³/mol. The summed E-state index contributed by atoms with van der Waals surface area (Å²) in [6.45, 7) is 4.45. The van der Waals surface area contributed by atoms with Gasteiger partial charge in [-0.2, -0.15) is 0 Å². The Morgan fingerprint density at radius 2 is 1.45 bits per heavy atom. The van der Waals surface area contributed by atoms with E-state index in [9.17, 15) is 0 Å². The molecule has 0 fully saturated rings. The van der Waals surface area contributed by atoms with Gasteiger partial charge in [0.1, 0.15) is 12.4 Å². The van der Waals surface area contributed by atoms with Crippen LogP contribution in [0.25, 0.3) is 17.2 Å². The molecule has 0 aliphatic carbocycles. The van der Waals surface area contributed by atoms with Gasteiger partial charge in [0.25, 0.3) is 0 Å². The summed E-state index contributed by atoms with van der Waals surface area (Å²) in [4.78, 5) is 0. The molecule has 0 aliphatic rings. The molecular weight excluding hydrogens is 268 g/mol. The molecule has 0 spiro atoms. The number of para-hydroxylation sites is 1. The minimum absolute atomic E-state index is 0.547. The van der Waals surface area contributed by atoms with Crippen molar-refractivity contribution in [1.82, 2.24) is 0 Å². The number of hydrogen-bond acceptors (Lipinski definition) is 1. The van der Waals surface area contributed by atoms with E-state index in [1.807, 2.05) is 54.6 Å². The lowest BCUT2D eigenvalue weighted by atomic mass is 10.0. The average molecular weight is 286 g/mol. The maximum absolute atomic E-state index is 6.13. The maximum Gasteiger partial charge on any atom is 0.134 e. The molecule has 0 aromatic heterocycles. The molecule has 3 rings (SSSR count). The first-order chi connectivity index (χ1) is 10.9. The molecule has 0 heterocycles. The van der Waals surface area contributed by atoms with Crippen molar-refractivity contribution in [3.63, 3.8) is 0 Å². The molecule has 22 heavy (non-hydrogen) atoms. The van der Waals surface area contributed by atoms with E-state index < -0.39 is 0 Å². The summed E-state index contributed by atoms with van der Waals surface area (Å²) in [5.41, 5.74) is 4.40. The lowest BCUT2D eigenvalue weighted by Gasteiger charge is -2.14. The minimum Gasteiger partial charge on any atom is -0.488 e. The molecule has 1 heteroatoms. The van der Waals surface area contributed by atoms with Crippen LogP contribution in [0.1, 0.15) is 11.1 Å². The summed E-state index contributed by atoms with van der Waals surface area (Å²) in [5, 5.41) is 0. The standard InChI is InChI=1S/C21H18O/c1-2-18-14-9-15-20(19-12-7-4-8-13-19)21(18)22-16-17-10-5-3-6-11-17/h2-15H,1,16H2. The monoisotopic (exact) mass is 286 g/mol. The van der Waals surface area contributed by atoms with Crippen molar-refractivity contribution in [2.45, 2.75) is 6.61 Å². The van der Waals surface area contributed by atoms with Crippen LogP contribution < -0.4 is 4.74 Å². The van der Waals surface area contributed by atoms with Gasteiger partial charge in [-0.15, -0.1) is 0 Å². The lowest BCUT2D eigenvalue weighted by molar-refractivity contribution is 0.307. The van der Waals surface area contributed by atoms with E-state index in [1.165, 1.54) is 0 Å². The highest BCUT2D eigenvalue weighted by Gasteiger charge is 2.10. The molecule has 0 amide bonds. The topological polar surface area (TPSA) is 9.23 Å². The van der Waals surface area contributed by atoms with Gasteiger partial charge in [0, 0.05) is 11.1 Å². The third-order valence-corrected chi connectivity index (χ3v) is 3.58. The largest absolute Gasteiger partial charge is 0.488 e. The average Bonchev–Trinajstić information content (AvgIpc) is 2.61. The second-order valence-corrected chi connectivity index (χ2v) is 5.07. The third kappa shape index (κ3) is 3.09. The van der Waals surface area contributed by atoms with Crippen LogP contribution >= 0.6 is 0 Å².